The molecule has 0 unspecified atom stereocenters. The summed E-state index contributed by atoms with van der Waals surface area (Å²) < 4.78 is 11.1. The minimum Gasteiger partial charge on any atom is -0.434 e. The van der Waals surface area contributed by atoms with Gasteiger partial charge >= 0.3 is 6.16 Å². The first kappa shape index (κ1) is 11.5. The molecule has 7 nitrogen and oxygen atoms in total. The molecule has 2 heterocycles. The molecule has 17 heavy (non-hydrogen) atoms. The minimum atomic E-state index is -0.772. The molecule has 0 radical (unpaired) electrons. The van der Waals surface area contributed by atoms with Crippen molar-refractivity contribution in [3.63, 3.8) is 0 Å². The Balaban J connectivity index is 2.08. The van der Waals surface area contributed by atoms with Crippen LogP contribution in [-0.2, 0) is 4.74 Å². The van der Waals surface area contributed by atoms with Crippen LogP contribution in [-0.4, -0.2) is 32.5 Å². The second-order valence-electron chi connectivity index (χ2n) is 3.01. The number of nitrogens with zero attached hydrogens (tertiary/aromatic N) is 4. The number of carbonyl (C=O) groups excluding carboxylic acids is 1. The van der Waals surface area contributed by atoms with E-state index < -0.39 is 6.16 Å². The average Bonchev–Trinajstić information content (AvgIpc) is 2.87. The van der Waals surface area contributed by atoms with Gasteiger partial charge in [0, 0.05) is 0 Å². The molecule has 0 spiro atoms. The number of hydrogen-bond donors (Lipinski definition) is 0. The molecule has 0 saturated carbocycles. The fraction of sp³-hybridized carbons (Fsp3) is 0.333. The lowest BCUT2D eigenvalue weighted by Crippen LogP contribution is -2.10. The Morgan fingerprint density at radius 3 is 3.00 bits per heavy atom. The van der Waals surface area contributed by atoms with Gasteiger partial charge < -0.3 is 9.47 Å². The summed E-state index contributed by atoms with van der Waals surface area (Å²) in [6.45, 7) is 3.81. The molecule has 0 aromatic carbocycles. The summed E-state index contributed by atoms with van der Waals surface area (Å²) in [5.41, 5.74) is 0. The lowest BCUT2D eigenvalue weighted by Gasteiger charge is -1.99. The van der Waals surface area contributed by atoms with Gasteiger partial charge in [-0.1, -0.05) is 11.3 Å². The van der Waals surface area contributed by atoms with E-state index in [0.717, 1.165) is 5.01 Å². The van der Waals surface area contributed by atoms with E-state index in [1.54, 1.807) is 11.5 Å². The molecule has 2 rings (SSSR count). The van der Waals surface area contributed by atoms with Gasteiger partial charge in [0.1, 0.15) is 11.3 Å². The quantitative estimate of drug-likeness (QED) is 0.773. The molecule has 0 aliphatic rings. The molecule has 0 fully saturated rings. The molecule has 2 aromatic heterocycles. The Kier molecular flexibility index (Phi) is 3.33. The van der Waals surface area contributed by atoms with E-state index in [4.69, 9.17) is 4.74 Å². The van der Waals surface area contributed by atoms with Crippen LogP contribution in [0.4, 0.5) is 4.79 Å². The summed E-state index contributed by atoms with van der Waals surface area (Å²) >= 11 is 1.41. The topological polar surface area (TPSA) is 79.1 Å². The van der Waals surface area contributed by atoms with Gasteiger partial charge in [-0.25, -0.2) is 9.78 Å². The van der Waals surface area contributed by atoms with Crippen molar-refractivity contribution in [2.75, 3.05) is 6.61 Å². The fourth-order valence-corrected chi connectivity index (χ4v) is 1.72. The van der Waals surface area contributed by atoms with E-state index in [1.165, 1.54) is 23.9 Å². The first-order chi connectivity index (χ1) is 8.19. The summed E-state index contributed by atoms with van der Waals surface area (Å²) in [6, 6.07) is 0. The standard InChI is InChI=1S/C9H10N4O3S/c1-3-15-9(14)16-7-4-13(5-10-7)8-12-11-6(2)17-8/h4-5H,3H2,1-2H3. The summed E-state index contributed by atoms with van der Waals surface area (Å²) in [5, 5.41) is 9.32. The Bertz CT molecular complexity index is 522. The summed E-state index contributed by atoms with van der Waals surface area (Å²) in [4.78, 5) is 14.9. The second-order valence-corrected chi connectivity index (χ2v) is 4.17. The van der Waals surface area contributed by atoms with Gasteiger partial charge in [-0.3, -0.25) is 4.57 Å². The maximum absolute atomic E-state index is 11.0. The van der Waals surface area contributed by atoms with Crippen LogP contribution in [0.3, 0.4) is 0 Å². The molecule has 0 N–H and O–H groups in total. The third-order valence-corrected chi connectivity index (χ3v) is 2.60. The molecule has 0 bridgehead atoms. The number of aromatic nitrogens is 4. The van der Waals surface area contributed by atoms with E-state index in [0.29, 0.717) is 5.13 Å². The summed E-state index contributed by atoms with van der Waals surface area (Å²) in [5.74, 6) is 0.163. The van der Waals surface area contributed by atoms with E-state index in [9.17, 15) is 4.79 Å². The van der Waals surface area contributed by atoms with E-state index >= 15 is 0 Å². The van der Waals surface area contributed by atoms with Crippen LogP contribution in [0, 0.1) is 6.92 Å². The second kappa shape index (κ2) is 4.91. The molecule has 90 valence electrons. The third-order valence-electron chi connectivity index (χ3n) is 1.75. The van der Waals surface area contributed by atoms with Crippen molar-refractivity contribution in [2.45, 2.75) is 13.8 Å². The smallest absolute Gasteiger partial charge is 0.434 e. The highest BCUT2D eigenvalue weighted by atomic mass is 32.1. The van der Waals surface area contributed by atoms with Gasteiger partial charge in [0.15, 0.2) is 0 Å². The minimum absolute atomic E-state index is 0.163. The first-order valence-corrected chi connectivity index (χ1v) is 5.69. The molecule has 8 heteroatoms. The first-order valence-electron chi connectivity index (χ1n) is 4.88. The summed E-state index contributed by atoms with van der Waals surface area (Å²) in [6.07, 6.45) is 2.26. The molecule has 0 saturated heterocycles. The monoisotopic (exact) mass is 254 g/mol. The van der Waals surface area contributed by atoms with Crippen LogP contribution in [0.25, 0.3) is 5.13 Å². The highest BCUT2D eigenvalue weighted by Gasteiger charge is 2.10. The molecular weight excluding hydrogens is 244 g/mol. The SMILES string of the molecule is CCOC(=O)Oc1cn(-c2nnc(C)s2)cn1. The van der Waals surface area contributed by atoms with Crippen molar-refractivity contribution < 1.29 is 14.3 Å². The number of carbonyl (C=O) groups is 1. The van der Waals surface area contributed by atoms with Gasteiger partial charge in [0.2, 0.25) is 11.0 Å². The lowest BCUT2D eigenvalue weighted by atomic mass is 10.8. The van der Waals surface area contributed by atoms with Crippen LogP contribution in [0.5, 0.6) is 5.88 Å². The Labute approximate surface area is 101 Å². The predicted octanol–water partition coefficient (Wildman–Crippen LogP) is 1.57. The average molecular weight is 254 g/mol. The van der Waals surface area contributed by atoms with Crippen molar-refractivity contribution in [1.29, 1.82) is 0 Å². The maximum Gasteiger partial charge on any atom is 0.515 e. The zero-order chi connectivity index (χ0) is 12.3. The summed E-state index contributed by atoms with van der Waals surface area (Å²) in [7, 11) is 0. The van der Waals surface area contributed by atoms with Crippen molar-refractivity contribution >= 4 is 17.5 Å². The van der Waals surface area contributed by atoms with Crippen molar-refractivity contribution in [3.05, 3.63) is 17.5 Å². The number of imidazole rings is 1. The van der Waals surface area contributed by atoms with Crippen LogP contribution in [0.15, 0.2) is 12.5 Å². The van der Waals surface area contributed by atoms with Crippen molar-refractivity contribution in [2.24, 2.45) is 0 Å². The Morgan fingerprint density at radius 1 is 1.53 bits per heavy atom. The van der Waals surface area contributed by atoms with E-state index in [1.807, 2.05) is 6.92 Å². The molecule has 0 aliphatic heterocycles. The van der Waals surface area contributed by atoms with Crippen LogP contribution >= 0.6 is 11.3 Å². The molecule has 0 amide bonds. The molecule has 2 aromatic rings. The van der Waals surface area contributed by atoms with Gasteiger partial charge in [0.25, 0.3) is 0 Å². The van der Waals surface area contributed by atoms with E-state index in [-0.39, 0.29) is 12.5 Å². The van der Waals surface area contributed by atoms with Crippen LogP contribution in [0.1, 0.15) is 11.9 Å². The zero-order valence-electron chi connectivity index (χ0n) is 9.28. The van der Waals surface area contributed by atoms with Gasteiger partial charge in [-0.15, -0.1) is 10.2 Å². The van der Waals surface area contributed by atoms with E-state index in [2.05, 4.69) is 19.9 Å². The molecular formula is C9H10N4O3S. The van der Waals surface area contributed by atoms with Gasteiger partial charge in [0.05, 0.1) is 12.8 Å². The number of hydrogen-bond acceptors (Lipinski definition) is 7. The molecule has 0 aliphatic carbocycles. The van der Waals surface area contributed by atoms with Gasteiger partial charge in [-0.05, 0) is 13.8 Å². The molecule has 0 atom stereocenters. The maximum atomic E-state index is 11.0. The predicted molar refractivity (Wildman–Crippen MR) is 59.4 cm³/mol. The van der Waals surface area contributed by atoms with Gasteiger partial charge in [-0.2, -0.15) is 0 Å². The zero-order valence-corrected chi connectivity index (χ0v) is 10.1. The lowest BCUT2D eigenvalue weighted by molar-refractivity contribution is 0.103. The highest BCUT2D eigenvalue weighted by Crippen LogP contribution is 2.16. The fourth-order valence-electron chi connectivity index (χ4n) is 1.09. The van der Waals surface area contributed by atoms with Crippen molar-refractivity contribution in [1.82, 2.24) is 19.7 Å². The highest BCUT2D eigenvalue weighted by molar-refractivity contribution is 7.13. The normalized spacial score (nSPS) is 10.2. The van der Waals surface area contributed by atoms with Crippen LogP contribution in [0.2, 0.25) is 0 Å². The largest absolute Gasteiger partial charge is 0.515 e. The van der Waals surface area contributed by atoms with Crippen molar-refractivity contribution in [3.8, 4) is 11.0 Å². The number of ether oxygens (including phenoxy) is 2. The Morgan fingerprint density at radius 2 is 2.35 bits per heavy atom. The number of rotatable bonds is 3. The number of aryl methyl sites for hydroxylation is 1. The Hall–Kier alpha value is -1.96. The third kappa shape index (κ3) is 2.78. The van der Waals surface area contributed by atoms with Crippen LogP contribution < -0.4 is 4.74 Å².